The van der Waals surface area contributed by atoms with Crippen molar-refractivity contribution in [3.63, 3.8) is 0 Å². The Morgan fingerprint density at radius 3 is 1.76 bits per heavy atom. The van der Waals surface area contributed by atoms with Gasteiger partial charge in [0, 0.05) is 12.8 Å². The molecule has 3 aliphatic rings. The van der Waals surface area contributed by atoms with Gasteiger partial charge in [0.25, 0.3) is 0 Å². The minimum absolute atomic E-state index is 0.270. The molecule has 2 saturated carbocycles. The lowest BCUT2D eigenvalue weighted by molar-refractivity contribution is -0.203. The van der Waals surface area contributed by atoms with Crippen molar-refractivity contribution in [1.29, 1.82) is 0 Å². The summed E-state index contributed by atoms with van der Waals surface area (Å²) in [4.78, 5) is 25.8. The molecule has 0 radical (unpaired) electrons. The second-order valence-electron chi connectivity index (χ2n) is 9.09. The number of aliphatic hydroxyl groups excluding tert-OH is 2. The lowest BCUT2D eigenvalue weighted by atomic mass is 9.84. The molecule has 8 heteroatoms. The smallest absolute Gasteiger partial charge is 0.338 e. The van der Waals surface area contributed by atoms with Crippen molar-refractivity contribution in [1.82, 2.24) is 0 Å². The molecular weight excluding hydrogens is 440 g/mol. The Bertz CT molecular complexity index is 1000. The largest absolute Gasteiger partial charge is 0.452 e. The first kappa shape index (κ1) is 23.0. The maximum atomic E-state index is 13.0. The molecule has 0 bridgehead atoms. The Morgan fingerprint density at radius 2 is 1.21 bits per heavy atom. The number of esters is 2. The summed E-state index contributed by atoms with van der Waals surface area (Å²) in [6, 6.07) is 16.7. The van der Waals surface area contributed by atoms with E-state index in [1.807, 2.05) is 0 Å². The fourth-order valence-electron chi connectivity index (χ4n) is 5.07. The molecule has 2 aliphatic carbocycles. The summed E-state index contributed by atoms with van der Waals surface area (Å²) in [5, 5.41) is 21.9. The summed E-state index contributed by atoms with van der Waals surface area (Å²) in [6.45, 7) is 0. The average molecular weight is 469 g/mol. The monoisotopic (exact) mass is 468 g/mol. The number of ether oxygens (including phenoxy) is 4. The first-order chi connectivity index (χ1) is 16.5. The van der Waals surface area contributed by atoms with Gasteiger partial charge in [-0.1, -0.05) is 42.8 Å². The Morgan fingerprint density at radius 1 is 0.706 bits per heavy atom. The molecule has 1 aliphatic heterocycles. The molecule has 2 aromatic carbocycles. The van der Waals surface area contributed by atoms with E-state index in [1.54, 1.807) is 60.7 Å². The van der Waals surface area contributed by atoms with Gasteiger partial charge in [-0.15, -0.1) is 0 Å². The molecule has 0 unspecified atom stereocenters. The molecule has 1 heterocycles. The van der Waals surface area contributed by atoms with Gasteiger partial charge in [0.05, 0.1) is 11.1 Å². The number of fused-ring (bicyclic) bond motifs is 1. The number of carbonyl (C=O) groups is 2. The van der Waals surface area contributed by atoms with Gasteiger partial charge in [-0.2, -0.15) is 0 Å². The van der Waals surface area contributed by atoms with Crippen LogP contribution in [0.3, 0.4) is 0 Å². The van der Waals surface area contributed by atoms with E-state index in [1.165, 1.54) is 0 Å². The summed E-state index contributed by atoms with van der Waals surface area (Å²) < 4.78 is 23.9. The highest BCUT2D eigenvalue weighted by Gasteiger charge is 2.62. The summed E-state index contributed by atoms with van der Waals surface area (Å²) in [5.74, 6) is -2.27. The highest BCUT2D eigenvalue weighted by molar-refractivity contribution is 5.90. The maximum Gasteiger partial charge on any atom is 0.338 e. The SMILES string of the molecule is O=C(O[C@H]1[C@@H]2OC3(CCCCC3)O[C@@H]2[C@@H](O)[C@@H](O)[C@@H]1OC(=O)c1ccccc1)c1ccccc1. The fourth-order valence-corrected chi connectivity index (χ4v) is 5.07. The zero-order chi connectivity index (χ0) is 23.7. The van der Waals surface area contributed by atoms with Gasteiger partial charge >= 0.3 is 11.9 Å². The standard InChI is InChI=1S/C26H28O8/c27-18-19(28)21-23(34-26(33-21)14-8-3-9-15-26)22(32-25(30)17-12-6-2-7-13-17)20(18)31-24(29)16-10-4-1-5-11-16/h1-2,4-7,10-13,18-23,27-28H,3,8-9,14-15H2/t18-,19+,20+,21-,22-,23-/m1/s1. The van der Waals surface area contributed by atoms with E-state index < -0.39 is 54.3 Å². The van der Waals surface area contributed by atoms with Crippen LogP contribution in [0.15, 0.2) is 60.7 Å². The fraction of sp³-hybridized carbons (Fsp3) is 0.462. The number of hydrogen-bond donors (Lipinski definition) is 2. The van der Waals surface area contributed by atoms with Crippen LogP contribution in [0.25, 0.3) is 0 Å². The lowest BCUT2D eigenvalue weighted by Gasteiger charge is -2.42. The van der Waals surface area contributed by atoms with Crippen LogP contribution in [-0.2, 0) is 18.9 Å². The Labute approximate surface area is 197 Å². The first-order valence-electron chi connectivity index (χ1n) is 11.7. The minimum atomic E-state index is -1.54. The summed E-state index contributed by atoms with van der Waals surface area (Å²) in [5.41, 5.74) is 0.575. The van der Waals surface area contributed by atoms with Crippen molar-refractivity contribution in [3.8, 4) is 0 Å². The molecule has 5 rings (SSSR count). The second-order valence-corrected chi connectivity index (χ2v) is 9.09. The molecule has 2 aromatic rings. The van der Waals surface area contributed by atoms with Gasteiger partial charge in [-0.05, 0) is 37.1 Å². The second kappa shape index (κ2) is 9.46. The van der Waals surface area contributed by atoms with Crippen LogP contribution in [0.4, 0.5) is 0 Å². The lowest BCUT2D eigenvalue weighted by Crippen LogP contribution is -2.64. The molecule has 0 amide bonds. The number of aliphatic hydroxyl groups is 2. The first-order valence-corrected chi connectivity index (χ1v) is 11.7. The van der Waals surface area contributed by atoms with Crippen molar-refractivity contribution >= 4 is 11.9 Å². The molecule has 34 heavy (non-hydrogen) atoms. The molecule has 180 valence electrons. The summed E-state index contributed by atoms with van der Waals surface area (Å²) in [6.07, 6.45) is -3.14. The van der Waals surface area contributed by atoms with Crippen LogP contribution in [0, 0.1) is 0 Å². The Kier molecular flexibility index (Phi) is 6.40. The number of rotatable bonds is 4. The zero-order valence-corrected chi connectivity index (χ0v) is 18.6. The number of hydrogen-bond acceptors (Lipinski definition) is 8. The van der Waals surface area contributed by atoms with Crippen LogP contribution >= 0.6 is 0 Å². The average Bonchev–Trinajstić information content (AvgIpc) is 3.24. The maximum absolute atomic E-state index is 13.0. The van der Waals surface area contributed by atoms with Gasteiger partial charge in [0.15, 0.2) is 18.0 Å². The molecule has 2 N–H and O–H groups in total. The quantitative estimate of drug-likeness (QED) is 0.659. The predicted molar refractivity (Wildman–Crippen MR) is 119 cm³/mol. The van der Waals surface area contributed by atoms with E-state index in [0.29, 0.717) is 18.4 Å². The molecule has 1 spiro atoms. The topological polar surface area (TPSA) is 112 Å². The van der Waals surface area contributed by atoms with Crippen molar-refractivity contribution < 1.29 is 38.7 Å². The van der Waals surface area contributed by atoms with Crippen LogP contribution in [0.1, 0.15) is 52.8 Å². The van der Waals surface area contributed by atoms with E-state index in [2.05, 4.69) is 0 Å². The Hall–Kier alpha value is -2.78. The number of carbonyl (C=O) groups excluding carboxylic acids is 2. The predicted octanol–water partition coefficient (Wildman–Crippen LogP) is 2.62. The van der Waals surface area contributed by atoms with Crippen molar-refractivity contribution in [2.24, 2.45) is 0 Å². The summed E-state index contributed by atoms with van der Waals surface area (Å²) in [7, 11) is 0. The number of benzene rings is 2. The Balaban J connectivity index is 1.45. The van der Waals surface area contributed by atoms with E-state index in [9.17, 15) is 19.8 Å². The van der Waals surface area contributed by atoms with Gasteiger partial charge in [0.2, 0.25) is 0 Å². The van der Waals surface area contributed by atoms with E-state index in [4.69, 9.17) is 18.9 Å². The van der Waals surface area contributed by atoms with E-state index in [0.717, 1.165) is 19.3 Å². The third-order valence-electron chi connectivity index (χ3n) is 6.82. The van der Waals surface area contributed by atoms with Crippen LogP contribution < -0.4 is 0 Å². The molecule has 0 aromatic heterocycles. The highest BCUT2D eigenvalue weighted by atomic mass is 16.8. The van der Waals surface area contributed by atoms with E-state index in [-0.39, 0.29) is 5.56 Å². The normalized spacial score (nSPS) is 32.1. The van der Waals surface area contributed by atoms with E-state index >= 15 is 0 Å². The molecular formula is C26H28O8. The third kappa shape index (κ3) is 4.34. The van der Waals surface area contributed by atoms with Gasteiger partial charge in [0.1, 0.15) is 24.4 Å². The highest BCUT2D eigenvalue weighted by Crippen LogP contribution is 2.46. The third-order valence-corrected chi connectivity index (χ3v) is 6.82. The zero-order valence-electron chi connectivity index (χ0n) is 18.6. The van der Waals surface area contributed by atoms with Gasteiger partial charge in [-0.3, -0.25) is 0 Å². The minimum Gasteiger partial charge on any atom is -0.452 e. The van der Waals surface area contributed by atoms with Crippen LogP contribution in [0.2, 0.25) is 0 Å². The van der Waals surface area contributed by atoms with Crippen molar-refractivity contribution in [2.45, 2.75) is 74.5 Å². The van der Waals surface area contributed by atoms with Gasteiger partial charge in [-0.25, -0.2) is 9.59 Å². The summed E-state index contributed by atoms with van der Waals surface area (Å²) >= 11 is 0. The molecule has 8 nitrogen and oxygen atoms in total. The van der Waals surface area contributed by atoms with Gasteiger partial charge < -0.3 is 29.2 Å². The molecule has 1 saturated heterocycles. The van der Waals surface area contributed by atoms with Crippen molar-refractivity contribution in [3.05, 3.63) is 71.8 Å². The molecule has 3 fully saturated rings. The molecule has 6 atom stereocenters. The van der Waals surface area contributed by atoms with Crippen molar-refractivity contribution in [2.75, 3.05) is 0 Å². The van der Waals surface area contributed by atoms with Crippen LogP contribution in [0.5, 0.6) is 0 Å². The van der Waals surface area contributed by atoms with Crippen LogP contribution in [-0.4, -0.2) is 64.6 Å².